The van der Waals surface area contributed by atoms with E-state index in [1.54, 1.807) is 4.90 Å². The van der Waals surface area contributed by atoms with Crippen molar-refractivity contribution in [3.8, 4) is 0 Å². The van der Waals surface area contributed by atoms with Crippen LogP contribution in [0.25, 0.3) is 0 Å². The van der Waals surface area contributed by atoms with E-state index in [0.717, 1.165) is 43.4 Å². The van der Waals surface area contributed by atoms with Crippen LogP contribution in [0, 0.1) is 0 Å². The number of ether oxygens (including phenoxy) is 1. The number of rotatable bonds is 2. The van der Waals surface area contributed by atoms with Crippen molar-refractivity contribution in [2.75, 3.05) is 13.2 Å². The van der Waals surface area contributed by atoms with E-state index in [1.807, 2.05) is 0 Å². The van der Waals surface area contributed by atoms with Crippen LogP contribution in [-0.4, -0.2) is 30.1 Å². The van der Waals surface area contributed by atoms with Gasteiger partial charge in [-0.3, -0.25) is 4.79 Å². The lowest BCUT2D eigenvalue weighted by Crippen LogP contribution is -2.37. The number of hydrogen-bond donors (Lipinski definition) is 0. The molecule has 0 radical (unpaired) electrons. The molecule has 3 rings (SSSR count). The van der Waals surface area contributed by atoms with Gasteiger partial charge in [0.25, 0.3) is 5.91 Å². The predicted octanol–water partition coefficient (Wildman–Crippen LogP) is 3.55. The number of carbonyl (C=O) groups excluding carboxylic acids is 1. The van der Waals surface area contributed by atoms with Gasteiger partial charge in [0.05, 0.1) is 18.2 Å². The molecule has 2 aliphatic heterocycles. The Morgan fingerprint density at radius 3 is 2.41 bits per heavy atom. The second kappa shape index (κ2) is 5.91. The van der Waals surface area contributed by atoms with Crippen LogP contribution in [0.5, 0.6) is 0 Å². The third-order valence-corrected chi connectivity index (χ3v) is 4.27. The fourth-order valence-electron chi connectivity index (χ4n) is 2.99. The summed E-state index contributed by atoms with van der Waals surface area (Å²) in [6.07, 6.45) is -0.971. The topological polar surface area (TPSA) is 32.8 Å². The number of likely N-dealkylation sites (tertiary alicyclic amines) is 1. The average molecular weight is 313 g/mol. The van der Waals surface area contributed by atoms with Crippen LogP contribution in [0.1, 0.15) is 42.9 Å². The molecule has 0 bridgehead atoms. The molecule has 2 fully saturated rings. The Kier molecular flexibility index (Phi) is 4.12. The van der Waals surface area contributed by atoms with Crippen molar-refractivity contribution in [2.45, 2.75) is 44.0 Å². The van der Waals surface area contributed by atoms with E-state index in [1.165, 1.54) is 12.1 Å². The lowest BCUT2D eigenvalue weighted by atomic mass is 9.99. The molecule has 0 spiro atoms. The fourth-order valence-corrected chi connectivity index (χ4v) is 2.99. The molecule has 2 aliphatic rings. The Labute approximate surface area is 127 Å². The summed E-state index contributed by atoms with van der Waals surface area (Å²) in [5.74, 6) is -0.0354. The molecule has 1 amide bonds. The molecule has 0 saturated carbocycles. The largest absolute Gasteiger partial charge is 0.416 e. The molecular formula is C16H18F3NO2. The van der Waals surface area contributed by atoms with E-state index >= 15 is 0 Å². The van der Waals surface area contributed by atoms with Crippen molar-refractivity contribution in [3.63, 3.8) is 0 Å². The van der Waals surface area contributed by atoms with Gasteiger partial charge in [-0.05, 0) is 30.5 Å². The third kappa shape index (κ3) is 3.27. The summed E-state index contributed by atoms with van der Waals surface area (Å²) in [7, 11) is 0. The van der Waals surface area contributed by atoms with Crippen molar-refractivity contribution in [2.24, 2.45) is 0 Å². The number of epoxide rings is 1. The second-order valence-corrected chi connectivity index (χ2v) is 5.84. The fraction of sp³-hybridized carbons (Fsp3) is 0.562. The van der Waals surface area contributed by atoms with Gasteiger partial charge in [-0.2, -0.15) is 13.2 Å². The highest BCUT2D eigenvalue weighted by atomic mass is 19.4. The molecule has 1 aromatic rings. The summed E-state index contributed by atoms with van der Waals surface area (Å²) in [5.41, 5.74) is 0.108. The second-order valence-electron chi connectivity index (χ2n) is 5.84. The highest BCUT2D eigenvalue weighted by Gasteiger charge is 2.38. The van der Waals surface area contributed by atoms with Crippen molar-refractivity contribution in [3.05, 3.63) is 35.4 Å². The van der Waals surface area contributed by atoms with Crippen LogP contribution in [0.15, 0.2) is 24.3 Å². The third-order valence-electron chi connectivity index (χ3n) is 4.27. The molecule has 2 saturated heterocycles. The lowest BCUT2D eigenvalue weighted by Gasteiger charge is -2.30. The van der Waals surface area contributed by atoms with Gasteiger partial charge in [-0.1, -0.05) is 25.0 Å². The number of carbonyl (C=O) groups is 1. The van der Waals surface area contributed by atoms with Gasteiger partial charge in [0.2, 0.25) is 0 Å². The Morgan fingerprint density at radius 2 is 1.82 bits per heavy atom. The Bertz CT molecular complexity index is 537. The number of benzene rings is 1. The predicted molar refractivity (Wildman–Crippen MR) is 74.1 cm³/mol. The standard InChI is InChI=1S/C16H18F3NO2/c17-16(18,19)12-7-5-11(6-8-12)13-4-2-1-3-9-20(13)15(21)14-10-22-14/h5-8,13-14H,1-4,9-10H2. The number of amides is 1. The number of hydrogen-bond acceptors (Lipinski definition) is 2. The van der Waals surface area contributed by atoms with Crippen LogP contribution in [0.3, 0.4) is 0 Å². The van der Waals surface area contributed by atoms with Crippen LogP contribution < -0.4 is 0 Å². The quantitative estimate of drug-likeness (QED) is 0.782. The van der Waals surface area contributed by atoms with Crippen molar-refractivity contribution >= 4 is 5.91 Å². The van der Waals surface area contributed by atoms with Crippen LogP contribution in [0.2, 0.25) is 0 Å². The molecule has 3 nitrogen and oxygen atoms in total. The lowest BCUT2D eigenvalue weighted by molar-refractivity contribution is -0.138. The maximum absolute atomic E-state index is 12.7. The van der Waals surface area contributed by atoms with Crippen molar-refractivity contribution in [1.29, 1.82) is 0 Å². The van der Waals surface area contributed by atoms with E-state index < -0.39 is 11.7 Å². The normalized spacial score (nSPS) is 25.7. The number of alkyl halides is 3. The molecule has 1 aromatic carbocycles. The minimum atomic E-state index is -4.33. The summed E-state index contributed by atoms with van der Waals surface area (Å²) >= 11 is 0. The number of nitrogens with zero attached hydrogens (tertiary/aromatic N) is 1. The summed E-state index contributed by atoms with van der Waals surface area (Å²) in [4.78, 5) is 14.1. The first-order chi connectivity index (χ1) is 10.5. The van der Waals surface area contributed by atoms with Gasteiger partial charge in [0.15, 0.2) is 6.10 Å². The summed E-state index contributed by atoms with van der Waals surface area (Å²) in [5, 5.41) is 0. The molecule has 120 valence electrons. The van der Waals surface area contributed by atoms with E-state index in [9.17, 15) is 18.0 Å². The number of halogens is 3. The minimum absolute atomic E-state index is 0.0354. The first kappa shape index (κ1) is 15.3. The minimum Gasteiger partial charge on any atom is -0.363 e. The molecule has 22 heavy (non-hydrogen) atoms. The van der Waals surface area contributed by atoms with Crippen molar-refractivity contribution < 1.29 is 22.7 Å². The molecule has 2 heterocycles. The van der Waals surface area contributed by atoms with Gasteiger partial charge in [0.1, 0.15) is 0 Å². The molecule has 0 N–H and O–H groups in total. The van der Waals surface area contributed by atoms with E-state index in [4.69, 9.17) is 4.74 Å². The molecule has 0 aromatic heterocycles. The highest BCUT2D eigenvalue weighted by molar-refractivity contribution is 5.83. The Morgan fingerprint density at radius 1 is 1.14 bits per heavy atom. The van der Waals surface area contributed by atoms with Gasteiger partial charge < -0.3 is 9.64 Å². The zero-order valence-corrected chi connectivity index (χ0v) is 12.1. The van der Waals surface area contributed by atoms with E-state index in [0.29, 0.717) is 13.2 Å². The van der Waals surface area contributed by atoms with E-state index in [-0.39, 0.29) is 18.1 Å². The Hall–Kier alpha value is -1.56. The molecule has 0 aliphatic carbocycles. The SMILES string of the molecule is O=C(C1CO1)N1CCCCCC1c1ccc(C(F)(F)F)cc1. The summed E-state index contributed by atoms with van der Waals surface area (Å²) < 4.78 is 43.1. The van der Waals surface area contributed by atoms with Crippen molar-refractivity contribution in [1.82, 2.24) is 4.90 Å². The van der Waals surface area contributed by atoms with Crippen LogP contribution >= 0.6 is 0 Å². The molecular weight excluding hydrogens is 295 g/mol. The van der Waals surface area contributed by atoms with Gasteiger partial charge >= 0.3 is 6.18 Å². The summed E-state index contributed by atoms with van der Waals surface area (Å²) in [6.45, 7) is 1.10. The molecule has 2 unspecified atom stereocenters. The summed E-state index contributed by atoms with van der Waals surface area (Å²) in [6, 6.07) is 5.02. The maximum Gasteiger partial charge on any atom is 0.416 e. The first-order valence-electron chi connectivity index (χ1n) is 7.56. The highest BCUT2D eigenvalue weighted by Crippen LogP contribution is 2.34. The maximum atomic E-state index is 12.7. The smallest absolute Gasteiger partial charge is 0.363 e. The van der Waals surface area contributed by atoms with Gasteiger partial charge in [-0.15, -0.1) is 0 Å². The van der Waals surface area contributed by atoms with Crippen LogP contribution in [-0.2, 0) is 15.7 Å². The first-order valence-corrected chi connectivity index (χ1v) is 7.56. The average Bonchev–Trinajstić information content (AvgIpc) is 3.32. The van der Waals surface area contributed by atoms with Gasteiger partial charge in [-0.25, -0.2) is 0 Å². The zero-order valence-electron chi connectivity index (χ0n) is 12.1. The van der Waals surface area contributed by atoms with Gasteiger partial charge in [0, 0.05) is 6.54 Å². The monoisotopic (exact) mass is 313 g/mol. The molecule has 2 atom stereocenters. The van der Waals surface area contributed by atoms with E-state index in [2.05, 4.69) is 0 Å². The Balaban J connectivity index is 1.83. The van der Waals surface area contributed by atoms with Crippen LogP contribution in [0.4, 0.5) is 13.2 Å². The zero-order chi connectivity index (χ0) is 15.7. The molecule has 6 heteroatoms.